The average Bonchev–Trinajstić information content (AvgIpc) is 2.67. The van der Waals surface area contributed by atoms with Gasteiger partial charge in [0.2, 0.25) is 0 Å². The molecule has 0 aliphatic rings. The number of anilines is 1. The summed E-state index contributed by atoms with van der Waals surface area (Å²) in [6.07, 6.45) is 0. The van der Waals surface area contributed by atoms with Crippen molar-refractivity contribution in [1.82, 2.24) is 0 Å². The Bertz CT molecular complexity index is 873. The third-order valence-electron chi connectivity index (χ3n) is 3.30. The Labute approximate surface area is 168 Å². The number of hydrogen-bond acceptors (Lipinski definition) is 7. The van der Waals surface area contributed by atoms with Gasteiger partial charge < -0.3 is 19.5 Å². The highest BCUT2D eigenvalue weighted by Crippen LogP contribution is 2.27. The summed E-state index contributed by atoms with van der Waals surface area (Å²) in [5, 5.41) is 13.2. The first-order valence-corrected chi connectivity index (χ1v) is 8.94. The van der Waals surface area contributed by atoms with Crippen molar-refractivity contribution in [3.63, 3.8) is 0 Å². The molecule has 10 heteroatoms. The molecule has 0 aliphatic carbocycles. The van der Waals surface area contributed by atoms with Gasteiger partial charge in [0.25, 0.3) is 11.6 Å². The van der Waals surface area contributed by atoms with Gasteiger partial charge in [0.1, 0.15) is 0 Å². The van der Waals surface area contributed by atoms with E-state index in [4.69, 9.17) is 14.2 Å². The maximum Gasteiger partial charge on any atom is 0.344 e. The summed E-state index contributed by atoms with van der Waals surface area (Å²) < 4.78 is 15.9. The van der Waals surface area contributed by atoms with E-state index in [1.54, 1.807) is 24.3 Å². The number of nitro groups is 1. The molecule has 0 aromatic heterocycles. The summed E-state index contributed by atoms with van der Waals surface area (Å²) in [7, 11) is 0. The zero-order valence-electron chi connectivity index (χ0n) is 14.8. The molecule has 2 aromatic carbocycles. The van der Waals surface area contributed by atoms with E-state index in [-0.39, 0.29) is 5.69 Å². The highest BCUT2D eigenvalue weighted by molar-refractivity contribution is 9.10. The normalized spacial score (nSPS) is 10.1. The Kier molecular flexibility index (Phi) is 7.76. The van der Waals surface area contributed by atoms with Crippen molar-refractivity contribution in [3.8, 4) is 11.5 Å². The lowest BCUT2D eigenvalue weighted by atomic mass is 10.3. The maximum atomic E-state index is 11.9. The molecule has 1 N–H and O–H groups in total. The number of nitrogens with one attached hydrogen (secondary N) is 1. The molecule has 0 spiro atoms. The van der Waals surface area contributed by atoms with Gasteiger partial charge >= 0.3 is 5.97 Å². The number of carbonyl (C=O) groups excluding carboxylic acids is 2. The van der Waals surface area contributed by atoms with Gasteiger partial charge in [-0.25, -0.2) is 4.79 Å². The largest absolute Gasteiger partial charge is 0.490 e. The Morgan fingerprint density at radius 1 is 1.11 bits per heavy atom. The fourth-order valence-electron chi connectivity index (χ4n) is 2.07. The molecule has 148 valence electrons. The quantitative estimate of drug-likeness (QED) is 0.352. The topological polar surface area (TPSA) is 117 Å². The van der Waals surface area contributed by atoms with Gasteiger partial charge in [0, 0.05) is 16.6 Å². The fourth-order valence-corrected chi connectivity index (χ4v) is 2.54. The molecule has 1 amide bonds. The van der Waals surface area contributed by atoms with Crippen molar-refractivity contribution in [2.75, 3.05) is 25.1 Å². The van der Waals surface area contributed by atoms with Crippen LogP contribution in [0.1, 0.15) is 6.92 Å². The number of carbonyl (C=O) groups is 2. The summed E-state index contributed by atoms with van der Waals surface area (Å²) >= 11 is 3.14. The second kappa shape index (κ2) is 10.3. The summed E-state index contributed by atoms with van der Waals surface area (Å²) in [5.74, 6) is -0.444. The van der Waals surface area contributed by atoms with Crippen LogP contribution in [0.4, 0.5) is 11.4 Å². The van der Waals surface area contributed by atoms with Crippen LogP contribution < -0.4 is 14.8 Å². The number of benzene rings is 2. The molecule has 28 heavy (non-hydrogen) atoms. The number of hydrogen-bond donors (Lipinski definition) is 1. The van der Waals surface area contributed by atoms with Crippen molar-refractivity contribution >= 4 is 39.2 Å². The van der Waals surface area contributed by atoms with E-state index in [0.717, 1.165) is 0 Å². The number of halogens is 1. The molecular weight excluding hydrogens is 436 g/mol. The maximum absolute atomic E-state index is 11.9. The molecule has 2 aromatic rings. The lowest BCUT2D eigenvalue weighted by Gasteiger charge is -2.11. The zero-order chi connectivity index (χ0) is 20.5. The van der Waals surface area contributed by atoms with E-state index in [1.165, 1.54) is 18.2 Å². The first-order chi connectivity index (χ1) is 13.4. The minimum Gasteiger partial charge on any atom is -0.490 e. The molecule has 0 atom stereocenters. The van der Waals surface area contributed by atoms with Gasteiger partial charge in [-0.05, 0) is 41.1 Å². The van der Waals surface area contributed by atoms with E-state index >= 15 is 0 Å². The molecule has 2 rings (SSSR count). The van der Waals surface area contributed by atoms with Crippen molar-refractivity contribution < 1.29 is 28.7 Å². The van der Waals surface area contributed by atoms with Gasteiger partial charge in [-0.1, -0.05) is 12.1 Å². The first kappa shape index (κ1) is 21.2. The lowest BCUT2D eigenvalue weighted by molar-refractivity contribution is -0.384. The smallest absolute Gasteiger partial charge is 0.344 e. The molecular formula is C18H17BrN2O7. The van der Waals surface area contributed by atoms with E-state index in [9.17, 15) is 19.7 Å². The summed E-state index contributed by atoms with van der Waals surface area (Å²) in [4.78, 5) is 33.8. The van der Waals surface area contributed by atoms with Crippen molar-refractivity contribution in [2.24, 2.45) is 0 Å². The third kappa shape index (κ3) is 6.23. The molecule has 0 aliphatic heterocycles. The highest BCUT2D eigenvalue weighted by Gasteiger charge is 2.14. The summed E-state index contributed by atoms with van der Waals surface area (Å²) in [5.41, 5.74) is 0.189. The minimum absolute atomic E-state index is 0.124. The SMILES string of the molecule is CCOc1ccccc1OCC(=O)OCC(=O)Nc1ccc([N+](=O)[O-])cc1Br. The molecule has 0 heterocycles. The van der Waals surface area contributed by atoms with Gasteiger partial charge in [-0.3, -0.25) is 14.9 Å². The number of esters is 1. The van der Waals surface area contributed by atoms with E-state index < -0.39 is 30.0 Å². The van der Waals surface area contributed by atoms with Crippen LogP contribution in [0.3, 0.4) is 0 Å². The van der Waals surface area contributed by atoms with Crippen LogP contribution in [-0.2, 0) is 14.3 Å². The van der Waals surface area contributed by atoms with Crippen LogP contribution in [-0.4, -0.2) is 36.6 Å². The number of amides is 1. The number of nitrogens with zero attached hydrogens (tertiary/aromatic N) is 1. The third-order valence-corrected chi connectivity index (χ3v) is 3.95. The number of rotatable bonds is 9. The second-order valence-electron chi connectivity index (χ2n) is 5.30. The fraction of sp³-hybridized carbons (Fsp3) is 0.222. The summed E-state index contributed by atoms with van der Waals surface area (Å²) in [6.45, 7) is 1.35. The summed E-state index contributed by atoms with van der Waals surface area (Å²) in [6, 6.07) is 10.7. The predicted molar refractivity (Wildman–Crippen MR) is 103 cm³/mol. The van der Waals surface area contributed by atoms with Crippen LogP contribution in [0, 0.1) is 10.1 Å². The molecule has 0 radical (unpaired) electrons. The Morgan fingerprint density at radius 2 is 1.79 bits per heavy atom. The Hall–Kier alpha value is -3.14. The van der Waals surface area contributed by atoms with Crippen LogP contribution >= 0.6 is 15.9 Å². The van der Waals surface area contributed by atoms with Gasteiger partial charge in [0.05, 0.1) is 17.2 Å². The van der Waals surface area contributed by atoms with Crippen LogP contribution in [0.25, 0.3) is 0 Å². The number of non-ortho nitro benzene ring substituents is 1. The molecule has 0 unspecified atom stereocenters. The monoisotopic (exact) mass is 452 g/mol. The van der Waals surface area contributed by atoms with Gasteiger partial charge in [-0.15, -0.1) is 0 Å². The number of ether oxygens (including phenoxy) is 3. The average molecular weight is 453 g/mol. The first-order valence-electron chi connectivity index (χ1n) is 8.14. The van der Waals surface area contributed by atoms with E-state index in [1.807, 2.05) is 6.92 Å². The molecule has 9 nitrogen and oxygen atoms in total. The van der Waals surface area contributed by atoms with Crippen molar-refractivity contribution in [1.29, 1.82) is 0 Å². The van der Waals surface area contributed by atoms with Gasteiger partial charge in [0.15, 0.2) is 24.7 Å². The molecule has 0 saturated heterocycles. The van der Waals surface area contributed by atoms with Crippen molar-refractivity contribution in [3.05, 3.63) is 57.1 Å². The minimum atomic E-state index is -0.732. The highest BCUT2D eigenvalue weighted by atomic mass is 79.9. The Balaban J connectivity index is 1.81. The van der Waals surface area contributed by atoms with Crippen LogP contribution in [0.5, 0.6) is 11.5 Å². The van der Waals surface area contributed by atoms with Crippen molar-refractivity contribution in [2.45, 2.75) is 6.92 Å². The second-order valence-corrected chi connectivity index (χ2v) is 6.15. The predicted octanol–water partition coefficient (Wildman–Crippen LogP) is 3.32. The van der Waals surface area contributed by atoms with E-state index in [2.05, 4.69) is 21.2 Å². The van der Waals surface area contributed by atoms with Crippen LogP contribution in [0.15, 0.2) is 46.9 Å². The number of para-hydroxylation sites is 2. The van der Waals surface area contributed by atoms with E-state index in [0.29, 0.717) is 28.3 Å². The molecule has 0 fully saturated rings. The Morgan fingerprint density at radius 3 is 2.39 bits per heavy atom. The van der Waals surface area contributed by atoms with Gasteiger partial charge in [-0.2, -0.15) is 0 Å². The lowest BCUT2D eigenvalue weighted by Crippen LogP contribution is -2.23. The standard InChI is InChI=1S/C18H17BrN2O7/c1-2-26-15-5-3-4-6-16(15)27-11-18(23)28-10-17(22)20-14-8-7-12(21(24)25)9-13(14)19/h3-9H,2,10-11H2,1H3,(H,20,22). The van der Waals surface area contributed by atoms with Crippen LogP contribution in [0.2, 0.25) is 0 Å². The number of nitro benzene ring substituents is 1. The molecule has 0 bridgehead atoms. The molecule has 0 saturated carbocycles. The zero-order valence-corrected chi connectivity index (χ0v) is 16.4.